The number of nitrogens with zero attached hydrogens (tertiary/aromatic N) is 1. The van der Waals surface area contributed by atoms with Crippen molar-refractivity contribution in [1.29, 1.82) is 0 Å². The van der Waals surface area contributed by atoms with Gasteiger partial charge in [0.25, 0.3) is 9.05 Å². The molecule has 1 heterocycles. The van der Waals surface area contributed by atoms with E-state index >= 15 is 0 Å². The summed E-state index contributed by atoms with van der Waals surface area (Å²) in [5.74, 6) is -0.870. The highest BCUT2D eigenvalue weighted by molar-refractivity contribution is 8.13. The molecule has 1 aromatic carbocycles. The van der Waals surface area contributed by atoms with Gasteiger partial charge in [0.1, 0.15) is 10.7 Å². The van der Waals surface area contributed by atoms with Crippen molar-refractivity contribution in [3.05, 3.63) is 36.4 Å². The first-order valence-corrected chi connectivity index (χ1v) is 6.27. The van der Waals surface area contributed by atoms with Crippen LogP contribution in [-0.2, 0) is 9.05 Å². The molecule has 0 saturated heterocycles. The van der Waals surface area contributed by atoms with Crippen LogP contribution in [0.3, 0.4) is 0 Å². The van der Waals surface area contributed by atoms with Crippen molar-refractivity contribution >= 4 is 30.5 Å². The number of halogens is 2. The van der Waals surface area contributed by atoms with Crippen LogP contribution in [0.25, 0.3) is 10.8 Å². The molecule has 0 N–H and O–H groups in total. The third kappa shape index (κ3) is 1.93. The molecule has 0 radical (unpaired) electrons. The van der Waals surface area contributed by atoms with Crippen LogP contribution in [0.2, 0.25) is 0 Å². The van der Waals surface area contributed by atoms with Gasteiger partial charge in [0.2, 0.25) is 0 Å². The Morgan fingerprint density at radius 1 is 1.27 bits per heavy atom. The minimum absolute atomic E-state index is 0.511. The summed E-state index contributed by atoms with van der Waals surface area (Å²) < 4.78 is 35.3. The van der Waals surface area contributed by atoms with E-state index in [2.05, 4.69) is 4.98 Å². The smallest absolute Gasteiger partial charge is 0.264 e. The fourth-order valence-electron chi connectivity index (χ4n) is 1.27. The molecule has 0 aliphatic rings. The fourth-order valence-corrected chi connectivity index (χ4v) is 2.19. The van der Waals surface area contributed by atoms with Crippen molar-refractivity contribution in [2.45, 2.75) is 4.90 Å². The van der Waals surface area contributed by atoms with Gasteiger partial charge in [-0.2, -0.15) is 0 Å². The summed E-state index contributed by atoms with van der Waals surface area (Å²) in [5.41, 5.74) is 0. The summed E-state index contributed by atoms with van der Waals surface area (Å²) in [6, 6.07) is 3.87. The Hall–Kier alpha value is -1.20. The Balaban J connectivity index is 2.84. The lowest BCUT2D eigenvalue weighted by molar-refractivity contribution is 0.577. The standard InChI is InChI=1S/C9H5ClFNO2S/c10-15(13,14)9-4-6-1-2-12-5-7(6)3-8(9)11/h1-5H. The van der Waals surface area contributed by atoms with Gasteiger partial charge >= 0.3 is 0 Å². The second-order valence-electron chi connectivity index (χ2n) is 2.94. The minimum Gasteiger partial charge on any atom is -0.264 e. The highest BCUT2D eigenvalue weighted by atomic mass is 35.7. The van der Waals surface area contributed by atoms with E-state index in [9.17, 15) is 12.8 Å². The Morgan fingerprint density at radius 2 is 2.00 bits per heavy atom. The number of benzene rings is 1. The van der Waals surface area contributed by atoms with Crippen LogP contribution in [-0.4, -0.2) is 13.4 Å². The number of pyridine rings is 1. The van der Waals surface area contributed by atoms with Gasteiger partial charge in [-0.3, -0.25) is 4.98 Å². The second kappa shape index (κ2) is 3.43. The summed E-state index contributed by atoms with van der Waals surface area (Å²) in [6.45, 7) is 0. The predicted molar refractivity (Wildman–Crippen MR) is 54.7 cm³/mol. The van der Waals surface area contributed by atoms with Gasteiger partial charge in [0, 0.05) is 28.5 Å². The maximum atomic E-state index is 13.3. The molecule has 0 aliphatic carbocycles. The van der Waals surface area contributed by atoms with Crippen molar-refractivity contribution in [2.24, 2.45) is 0 Å². The SMILES string of the molecule is O=S(=O)(Cl)c1cc2ccncc2cc1F. The minimum atomic E-state index is -4.05. The van der Waals surface area contributed by atoms with Gasteiger partial charge < -0.3 is 0 Å². The maximum absolute atomic E-state index is 13.3. The molecule has 0 bridgehead atoms. The van der Waals surface area contributed by atoms with Crippen LogP contribution in [0, 0.1) is 5.82 Å². The molecule has 6 heteroatoms. The van der Waals surface area contributed by atoms with E-state index < -0.39 is 19.8 Å². The number of hydrogen-bond donors (Lipinski definition) is 0. The lowest BCUT2D eigenvalue weighted by atomic mass is 10.2. The van der Waals surface area contributed by atoms with E-state index in [-0.39, 0.29) is 0 Å². The molecular weight excluding hydrogens is 241 g/mol. The zero-order valence-electron chi connectivity index (χ0n) is 7.31. The molecule has 2 aromatic rings. The highest BCUT2D eigenvalue weighted by Gasteiger charge is 2.16. The molecule has 15 heavy (non-hydrogen) atoms. The first-order chi connectivity index (χ1) is 6.98. The van der Waals surface area contributed by atoms with Gasteiger partial charge in [-0.1, -0.05) is 0 Å². The van der Waals surface area contributed by atoms with Crippen LogP contribution in [0.1, 0.15) is 0 Å². The van der Waals surface area contributed by atoms with Crippen molar-refractivity contribution in [2.75, 3.05) is 0 Å². The van der Waals surface area contributed by atoms with Crippen molar-refractivity contribution in [1.82, 2.24) is 4.98 Å². The molecule has 0 spiro atoms. The van der Waals surface area contributed by atoms with Crippen molar-refractivity contribution in [3.63, 3.8) is 0 Å². The predicted octanol–water partition coefficient (Wildman–Crippen LogP) is 2.30. The molecule has 0 atom stereocenters. The van der Waals surface area contributed by atoms with E-state index in [4.69, 9.17) is 10.7 Å². The quantitative estimate of drug-likeness (QED) is 0.725. The molecule has 0 unspecified atom stereocenters. The van der Waals surface area contributed by atoms with Crippen LogP contribution in [0.15, 0.2) is 35.5 Å². The van der Waals surface area contributed by atoms with Gasteiger partial charge in [-0.25, -0.2) is 12.8 Å². The summed E-state index contributed by atoms with van der Waals surface area (Å²) in [5, 5.41) is 1.10. The molecular formula is C9H5ClFNO2S. The molecule has 0 amide bonds. The highest BCUT2D eigenvalue weighted by Crippen LogP contribution is 2.24. The Bertz CT molecular complexity index is 627. The summed E-state index contributed by atoms with van der Waals surface area (Å²) in [7, 11) is 1.03. The van der Waals surface area contributed by atoms with E-state index in [1.165, 1.54) is 18.5 Å². The van der Waals surface area contributed by atoms with E-state index in [1.807, 2.05) is 0 Å². The number of aromatic nitrogens is 1. The van der Waals surface area contributed by atoms with E-state index in [0.29, 0.717) is 10.8 Å². The Labute approximate surface area is 89.9 Å². The number of fused-ring (bicyclic) bond motifs is 1. The second-order valence-corrected chi connectivity index (χ2v) is 5.48. The lowest BCUT2D eigenvalue weighted by Gasteiger charge is -2.01. The van der Waals surface area contributed by atoms with E-state index in [1.54, 1.807) is 6.07 Å². The number of rotatable bonds is 1. The molecule has 0 fully saturated rings. The van der Waals surface area contributed by atoms with Crippen LogP contribution in [0.4, 0.5) is 4.39 Å². The third-order valence-electron chi connectivity index (χ3n) is 1.95. The van der Waals surface area contributed by atoms with Crippen molar-refractivity contribution < 1.29 is 12.8 Å². The molecule has 1 aromatic heterocycles. The molecule has 0 saturated carbocycles. The maximum Gasteiger partial charge on any atom is 0.264 e. The Kier molecular flexibility index (Phi) is 2.36. The largest absolute Gasteiger partial charge is 0.264 e. The molecule has 0 aliphatic heterocycles. The van der Waals surface area contributed by atoms with Gasteiger partial charge in [-0.05, 0) is 23.6 Å². The zero-order chi connectivity index (χ0) is 11.1. The summed E-state index contributed by atoms with van der Waals surface area (Å²) in [6.07, 6.45) is 2.94. The van der Waals surface area contributed by atoms with Crippen molar-refractivity contribution in [3.8, 4) is 0 Å². The molecule has 3 nitrogen and oxygen atoms in total. The van der Waals surface area contributed by atoms with Gasteiger partial charge in [0.05, 0.1) is 0 Å². The van der Waals surface area contributed by atoms with Crippen LogP contribution >= 0.6 is 10.7 Å². The number of hydrogen-bond acceptors (Lipinski definition) is 3. The molecule has 2 rings (SSSR count). The third-order valence-corrected chi connectivity index (χ3v) is 3.29. The lowest BCUT2D eigenvalue weighted by Crippen LogP contribution is -1.95. The first kappa shape index (κ1) is 10.3. The monoisotopic (exact) mass is 245 g/mol. The molecule has 78 valence electrons. The zero-order valence-corrected chi connectivity index (χ0v) is 8.89. The normalized spacial score (nSPS) is 11.9. The summed E-state index contributed by atoms with van der Waals surface area (Å²) in [4.78, 5) is 3.29. The average molecular weight is 246 g/mol. The Morgan fingerprint density at radius 3 is 2.67 bits per heavy atom. The average Bonchev–Trinajstić information content (AvgIpc) is 2.15. The van der Waals surface area contributed by atoms with Gasteiger partial charge in [-0.15, -0.1) is 0 Å². The van der Waals surface area contributed by atoms with Crippen LogP contribution < -0.4 is 0 Å². The van der Waals surface area contributed by atoms with Gasteiger partial charge in [0.15, 0.2) is 0 Å². The van der Waals surface area contributed by atoms with E-state index in [0.717, 1.165) is 6.07 Å². The van der Waals surface area contributed by atoms with Crippen LogP contribution in [0.5, 0.6) is 0 Å². The summed E-state index contributed by atoms with van der Waals surface area (Å²) >= 11 is 0. The first-order valence-electron chi connectivity index (χ1n) is 3.96. The topological polar surface area (TPSA) is 47.0 Å². The fraction of sp³-hybridized carbons (Fsp3) is 0.